The van der Waals surface area contributed by atoms with Crippen molar-refractivity contribution in [3.8, 4) is 17.2 Å². The molecule has 2 aromatic heterocycles. The second-order valence-electron chi connectivity index (χ2n) is 8.66. The van der Waals surface area contributed by atoms with E-state index in [0.29, 0.717) is 61.4 Å². The molecular formula is C26H23FN4O3. The van der Waals surface area contributed by atoms with E-state index in [1.54, 1.807) is 42.7 Å². The van der Waals surface area contributed by atoms with Gasteiger partial charge in [-0.2, -0.15) is 5.26 Å². The van der Waals surface area contributed by atoms with Crippen molar-refractivity contribution in [3.05, 3.63) is 78.1 Å². The van der Waals surface area contributed by atoms with Crippen LogP contribution in [0.5, 0.6) is 0 Å². The highest BCUT2D eigenvalue weighted by atomic mass is 19.1. The van der Waals surface area contributed by atoms with E-state index in [9.17, 15) is 14.4 Å². The van der Waals surface area contributed by atoms with Crippen molar-refractivity contribution in [2.24, 2.45) is 0 Å². The molecule has 0 atom stereocenters. The van der Waals surface area contributed by atoms with Crippen LogP contribution in [0.25, 0.3) is 11.1 Å². The molecule has 8 heteroatoms. The van der Waals surface area contributed by atoms with Crippen molar-refractivity contribution in [2.45, 2.75) is 36.9 Å². The Kier molecular flexibility index (Phi) is 5.82. The highest BCUT2D eigenvalue weighted by Gasteiger charge is 2.48. The van der Waals surface area contributed by atoms with Crippen molar-refractivity contribution >= 4 is 11.6 Å². The first-order valence-electron chi connectivity index (χ1n) is 11.2. The smallest absolute Gasteiger partial charge is 0.257 e. The van der Waals surface area contributed by atoms with Crippen LogP contribution in [0.1, 0.15) is 41.7 Å². The Morgan fingerprint density at radius 3 is 2.35 bits per heavy atom. The lowest BCUT2D eigenvalue weighted by atomic mass is 9.70. The zero-order valence-corrected chi connectivity index (χ0v) is 18.5. The van der Waals surface area contributed by atoms with E-state index >= 15 is 0 Å². The quantitative estimate of drug-likeness (QED) is 0.613. The maximum atomic E-state index is 13.2. The van der Waals surface area contributed by atoms with E-state index in [1.807, 2.05) is 0 Å². The lowest BCUT2D eigenvalue weighted by Gasteiger charge is -2.39. The summed E-state index contributed by atoms with van der Waals surface area (Å²) in [6, 6.07) is 13.7. The first-order valence-corrected chi connectivity index (χ1v) is 11.2. The molecular weight excluding hydrogens is 435 g/mol. The van der Waals surface area contributed by atoms with E-state index < -0.39 is 11.2 Å². The summed E-state index contributed by atoms with van der Waals surface area (Å²) in [5, 5.41) is 12.8. The van der Waals surface area contributed by atoms with Gasteiger partial charge in [-0.3, -0.25) is 14.8 Å². The van der Waals surface area contributed by atoms with Crippen molar-refractivity contribution in [2.75, 3.05) is 18.5 Å². The molecule has 1 N–H and O–H groups in total. The van der Waals surface area contributed by atoms with Gasteiger partial charge in [0, 0.05) is 30.8 Å². The topological polar surface area (TPSA) is 97.1 Å². The van der Waals surface area contributed by atoms with Crippen LogP contribution in [-0.2, 0) is 14.9 Å². The summed E-state index contributed by atoms with van der Waals surface area (Å²) in [5.74, 6) is -1.21. The Bertz CT molecular complexity index is 1220. The summed E-state index contributed by atoms with van der Waals surface area (Å²) in [6.45, 7) is 1.18. The number of pyridine rings is 2. The fraction of sp³-hybridized carbons (Fsp3) is 0.308. The fourth-order valence-electron chi connectivity index (χ4n) is 4.59. The van der Waals surface area contributed by atoms with Gasteiger partial charge in [0.1, 0.15) is 5.82 Å². The number of anilines is 1. The molecule has 7 nitrogen and oxygen atoms in total. The molecule has 1 aliphatic carbocycles. The van der Waals surface area contributed by atoms with Gasteiger partial charge in [0.05, 0.1) is 47.8 Å². The summed E-state index contributed by atoms with van der Waals surface area (Å²) in [7, 11) is 0. The molecule has 1 saturated heterocycles. The maximum Gasteiger partial charge on any atom is 0.257 e. The predicted octanol–water partition coefficient (Wildman–Crippen LogP) is 4.61. The van der Waals surface area contributed by atoms with Crippen LogP contribution >= 0.6 is 0 Å². The SMILES string of the molecule is N#CC1(c2ccc(NC(=O)c3cncc(-c4ccc(F)cc4)c3)cn2)CCC2(CC1)OCCO2. The van der Waals surface area contributed by atoms with Gasteiger partial charge in [-0.25, -0.2) is 4.39 Å². The van der Waals surface area contributed by atoms with E-state index in [-0.39, 0.29) is 11.7 Å². The van der Waals surface area contributed by atoms with E-state index in [1.165, 1.54) is 18.3 Å². The number of amides is 1. The normalized spacial score (nSPS) is 18.4. The summed E-state index contributed by atoms with van der Waals surface area (Å²) in [4.78, 5) is 21.4. The number of benzene rings is 1. The Morgan fingerprint density at radius 1 is 0.971 bits per heavy atom. The number of ether oxygens (including phenoxy) is 2. The van der Waals surface area contributed by atoms with Gasteiger partial charge in [0.2, 0.25) is 0 Å². The number of carbonyl (C=O) groups excluding carboxylic acids is 1. The average Bonchev–Trinajstić information content (AvgIpc) is 3.34. The lowest BCUT2D eigenvalue weighted by molar-refractivity contribution is -0.182. The van der Waals surface area contributed by atoms with Gasteiger partial charge in [-0.15, -0.1) is 0 Å². The highest BCUT2D eigenvalue weighted by molar-refractivity contribution is 6.04. The van der Waals surface area contributed by atoms with Crippen LogP contribution in [0.2, 0.25) is 0 Å². The van der Waals surface area contributed by atoms with E-state index in [2.05, 4.69) is 21.4 Å². The number of hydrogen-bond acceptors (Lipinski definition) is 6. The van der Waals surface area contributed by atoms with Gasteiger partial charge in [0.25, 0.3) is 5.91 Å². The van der Waals surface area contributed by atoms with Crippen LogP contribution in [0, 0.1) is 17.1 Å². The number of rotatable bonds is 4. The third-order valence-corrected chi connectivity index (χ3v) is 6.58. The zero-order valence-electron chi connectivity index (χ0n) is 18.5. The number of carbonyl (C=O) groups is 1. The first kappa shape index (κ1) is 22.1. The minimum Gasteiger partial charge on any atom is -0.348 e. The average molecular weight is 458 g/mol. The number of nitrogens with one attached hydrogen (secondary N) is 1. The Labute approximate surface area is 196 Å². The minimum absolute atomic E-state index is 0.326. The van der Waals surface area contributed by atoms with Gasteiger partial charge in [-0.05, 0) is 48.7 Å². The second kappa shape index (κ2) is 8.93. The standard InChI is InChI=1S/C26H23FN4O3/c27-21-3-1-18(2-4-21)19-13-20(15-29-14-19)24(32)31-22-5-6-23(30-16-22)25(17-28)7-9-26(10-8-25)33-11-12-34-26/h1-6,13-16H,7-12H2,(H,31,32). The number of nitriles is 1. The molecule has 0 unspecified atom stereocenters. The van der Waals surface area contributed by atoms with Crippen molar-refractivity contribution < 1.29 is 18.7 Å². The molecule has 172 valence electrons. The van der Waals surface area contributed by atoms with Gasteiger partial charge < -0.3 is 14.8 Å². The Hall–Kier alpha value is -3.67. The molecule has 3 heterocycles. The number of aromatic nitrogens is 2. The van der Waals surface area contributed by atoms with Crippen molar-refractivity contribution in [1.82, 2.24) is 9.97 Å². The summed E-state index contributed by atoms with van der Waals surface area (Å²) < 4.78 is 24.8. The van der Waals surface area contributed by atoms with Crippen LogP contribution in [0.15, 0.2) is 61.1 Å². The third kappa shape index (κ3) is 4.28. The molecule has 3 aromatic rings. The monoisotopic (exact) mass is 458 g/mol. The minimum atomic E-state index is -0.698. The number of halogens is 1. The maximum absolute atomic E-state index is 13.2. The first-order chi connectivity index (χ1) is 16.5. The fourth-order valence-corrected chi connectivity index (χ4v) is 4.59. The zero-order chi connectivity index (χ0) is 23.6. The predicted molar refractivity (Wildman–Crippen MR) is 122 cm³/mol. The van der Waals surface area contributed by atoms with E-state index in [0.717, 1.165) is 5.56 Å². The molecule has 2 fully saturated rings. The molecule has 5 rings (SSSR count). The van der Waals surface area contributed by atoms with Crippen molar-refractivity contribution in [1.29, 1.82) is 5.26 Å². The molecule has 1 aromatic carbocycles. The van der Waals surface area contributed by atoms with E-state index in [4.69, 9.17) is 9.47 Å². The largest absolute Gasteiger partial charge is 0.348 e. The molecule has 34 heavy (non-hydrogen) atoms. The van der Waals surface area contributed by atoms with Crippen LogP contribution in [-0.4, -0.2) is 34.9 Å². The van der Waals surface area contributed by atoms with Crippen LogP contribution < -0.4 is 5.32 Å². The van der Waals surface area contributed by atoms with Gasteiger partial charge in [0.15, 0.2) is 5.79 Å². The van der Waals surface area contributed by atoms with Gasteiger partial charge in [-0.1, -0.05) is 12.1 Å². The van der Waals surface area contributed by atoms with Gasteiger partial charge >= 0.3 is 0 Å². The Morgan fingerprint density at radius 2 is 1.71 bits per heavy atom. The molecule has 1 saturated carbocycles. The molecule has 0 bridgehead atoms. The molecule has 1 amide bonds. The van der Waals surface area contributed by atoms with Crippen LogP contribution in [0.4, 0.5) is 10.1 Å². The molecule has 0 radical (unpaired) electrons. The molecule has 2 aliphatic rings. The second-order valence-corrected chi connectivity index (χ2v) is 8.66. The van der Waals surface area contributed by atoms with Crippen LogP contribution in [0.3, 0.4) is 0 Å². The Balaban J connectivity index is 1.28. The highest BCUT2D eigenvalue weighted by Crippen LogP contribution is 2.45. The molecule has 1 spiro atoms. The molecule has 1 aliphatic heterocycles. The number of hydrogen-bond donors (Lipinski definition) is 1. The summed E-state index contributed by atoms with van der Waals surface area (Å²) in [5.41, 5.74) is 2.34. The van der Waals surface area contributed by atoms with Crippen molar-refractivity contribution in [3.63, 3.8) is 0 Å². The third-order valence-electron chi connectivity index (χ3n) is 6.58. The summed E-state index contributed by atoms with van der Waals surface area (Å²) in [6.07, 6.45) is 7.17. The lowest BCUT2D eigenvalue weighted by Crippen LogP contribution is -2.41. The summed E-state index contributed by atoms with van der Waals surface area (Å²) >= 11 is 0. The number of nitrogens with zero attached hydrogens (tertiary/aromatic N) is 3.